The largest absolute Gasteiger partial charge is 0.341 e. The number of carbonyl (C=O) groups is 1. The van der Waals surface area contributed by atoms with Gasteiger partial charge >= 0.3 is 0 Å². The van der Waals surface area contributed by atoms with Crippen LogP contribution in [0.15, 0.2) is 0 Å². The van der Waals surface area contributed by atoms with E-state index in [2.05, 4.69) is 70.2 Å². The lowest BCUT2D eigenvalue weighted by atomic mass is 9.94. The minimum absolute atomic E-state index is 0.286. The minimum Gasteiger partial charge on any atom is -0.341 e. The predicted molar refractivity (Wildman–Crippen MR) is 116 cm³/mol. The second-order valence-electron chi connectivity index (χ2n) is 10.2. The van der Waals surface area contributed by atoms with Gasteiger partial charge in [0, 0.05) is 57.9 Å². The molecule has 0 aromatic rings. The number of amides is 1. The lowest BCUT2D eigenvalue weighted by Gasteiger charge is -2.44. The summed E-state index contributed by atoms with van der Waals surface area (Å²) >= 11 is 0. The van der Waals surface area contributed by atoms with Gasteiger partial charge in [0.1, 0.15) is 0 Å². The van der Waals surface area contributed by atoms with Gasteiger partial charge in [0.15, 0.2) is 0 Å². The highest BCUT2D eigenvalue weighted by Crippen LogP contribution is 2.20. The monoisotopic (exact) mass is 382 g/mol. The first kappa shape index (κ1) is 24.4. The fourth-order valence-corrected chi connectivity index (χ4v) is 4.08. The molecule has 27 heavy (non-hydrogen) atoms. The number of nitrogens with zero attached hydrogens (tertiary/aromatic N) is 4. The topological polar surface area (TPSA) is 30.0 Å². The van der Waals surface area contributed by atoms with E-state index in [0.717, 1.165) is 26.2 Å². The maximum atomic E-state index is 11.5. The van der Waals surface area contributed by atoms with Gasteiger partial charge in [-0.1, -0.05) is 34.6 Å². The lowest BCUT2D eigenvalue weighted by Crippen LogP contribution is -2.56. The van der Waals surface area contributed by atoms with E-state index in [1.165, 1.54) is 19.6 Å². The Morgan fingerprint density at radius 3 is 2.00 bits per heavy atom. The van der Waals surface area contributed by atoms with Crippen LogP contribution >= 0.6 is 0 Å². The van der Waals surface area contributed by atoms with Crippen LogP contribution in [0.3, 0.4) is 0 Å². The van der Waals surface area contributed by atoms with Crippen molar-refractivity contribution in [2.75, 3.05) is 59.4 Å². The number of rotatable bonds is 4. The Bertz CT molecular complexity index is 434. The summed E-state index contributed by atoms with van der Waals surface area (Å²) in [5, 5.41) is 0. The molecule has 5 nitrogen and oxygen atoms in total. The van der Waals surface area contributed by atoms with Crippen molar-refractivity contribution in [3.05, 3.63) is 0 Å². The summed E-state index contributed by atoms with van der Waals surface area (Å²) < 4.78 is 0. The standard InChI is InChI=1S/C12H26N2.C10H20N2O/c1-10-7-14(9-12(3,4)5)8-11(2)13(10)6;1-4-12-6-5-11(7-9(2)3)8-10(12)13/h10-11H,7-9H2,1-6H3;9H,4-8H2,1-3H3/t10-,11-;/m1./s1. The van der Waals surface area contributed by atoms with Crippen molar-refractivity contribution >= 4 is 5.91 Å². The van der Waals surface area contributed by atoms with Gasteiger partial charge in [0.25, 0.3) is 0 Å². The van der Waals surface area contributed by atoms with Crippen molar-refractivity contribution in [3.8, 4) is 0 Å². The van der Waals surface area contributed by atoms with E-state index in [0.29, 0.717) is 30.0 Å². The average Bonchev–Trinajstić information content (AvgIpc) is 2.51. The molecule has 2 aliphatic heterocycles. The van der Waals surface area contributed by atoms with Crippen LogP contribution in [-0.4, -0.2) is 97.0 Å². The zero-order valence-corrected chi connectivity index (χ0v) is 19.6. The van der Waals surface area contributed by atoms with Crippen molar-refractivity contribution in [1.29, 1.82) is 0 Å². The molecule has 2 heterocycles. The summed E-state index contributed by atoms with van der Waals surface area (Å²) in [6, 6.07) is 1.39. The Kier molecular flexibility index (Phi) is 9.73. The third-order valence-corrected chi connectivity index (χ3v) is 5.54. The summed E-state index contributed by atoms with van der Waals surface area (Å²) in [6.07, 6.45) is 0. The van der Waals surface area contributed by atoms with Crippen LogP contribution in [0.25, 0.3) is 0 Å². The molecule has 0 saturated carbocycles. The summed E-state index contributed by atoms with van der Waals surface area (Å²) in [7, 11) is 2.24. The molecule has 0 aromatic heterocycles. The molecule has 0 bridgehead atoms. The summed E-state index contributed by atoms with van der Waals surface area (Å²) in [5.74, 6) is 0.940. The molecule has 0 radical (unpaired) electrons. The molecule has 160 valence electrons. The van der Waals surface area contributed by atoms with Crippen molar-refractivity contribution in [1.82, 2.24) is 19.6 Å². The Balaban J connectivity index is 0.000000271. The van der Waals surface area contributed by atoms with Gasteiger partial charge in [-0.3, -0.25) is 19.5 Å². The molecule has 5 heteroatoms. The second-order valence-corrected chi connectivity index (χ2v) is 10.2. The van der Waals surface area contributed by atoms with Gasteiger partial charge in [-0.05, 0) is 39.2 Å². The molecule has 2 aliphatic rings. The number of hydrogen-bond acceptors (Lipinski definition) is 4. The van der Waals surface area contributed by atoms with Gasteiger partial charge < -0.3 is 4.90 Å². The third kappa shape index (κ3) is 8.93. The zero-order chi connectivity index (χ0) is 20.8. The van der Waals surface area contributed by atoms with E-state index in [-0.39, 0.29) is 5.91 Å². The molecule has 0 N–H and O–H groups in total. The smallest absolute Gasteiger partial charge is 0.236 e. The van der Waals surface area contributed by atoms with E-state index < -0.39 is 0 Å². The number of piperazine rings is 2. The van der Waals surface area contributed by atoms with E-state index in [4.69, 9.17) is 0 Å². The molecule has 2 fully saturated rings. The SMILES string of the molecule is CCN1CCN(CC(C)C)CC1=O.C[C@@H]1CN(CC(C)(C)C)C[C@@H](C)N1C. The summed E-state index contributed by atoms with van der Waals surface area (Å²) in [6.45, 7) is 26.1. The quantitative estimate of drug-likeness (QED) is 0.748. The highest BCUT2D eigenvalue weighted by atomic mass is 16.2. The van der Waals surface area contributed by atoms with Gasteiger partial charge in [-0.15, -0.1) is 0 Å². The van der Waals surface area contributed by atoms with E-state index in [9.17, 15) is 4.79 Å². The average molecular weight is 383 g/mol. The van der Waals surface area contributed by atoms with Crippen LogP contribution in [0.4, 0.5) is 0 Å². The lowest BCUT2D eigenvalue weighted by molar-refractivity contribution is -0.135. The molecule has 0 spiro atoms. The molecule has 2 saturated heterocycles. The second kappa shape index (κ2) is 10.8. The fraction of sp³-hybridized carbons (Fsp3) is 0.955. The van der Waals surface area contributed by atoms with Crippen molar-refractivity contribution in [2.24, 2.45) is 11.3 Å². The van der Waals surface area contributed by atoms with Crippen LogP contribution in [0, 0.1) is 11.3 Å². The Morgan fingerprint density at radius 2 is 1.59 bits per heavy atom. The number of carbonyl (C=O) groups excluding carboxylic acids is 1. The predicted octanol–water partition coefficient (Wildman–Crippen LogP) is 2.86. The Morgan fingerprint density at radius 1 is 1.04 bits per heavy atom. The first-order chi connectivity index (χ1) is 12.4. The fourth-order valence-electron chi connectivity index (χ4n) is 4.08. The molecule has 2 atom stereocenters. The van der Waals surface area contributed by atoms with Crippen molar-refractivity contribution in [2.45, 2.75) is 67.5 Å². The van der Waals surface area contributed by atoms with Crippen LogP contribution in [0.5, 0.6) is 0 Å². The van der Waals surface area contributed by atoms with Gasteiger partial charge in [0.05, 0.1) is 6.54 Å². The number of likely N-dealkylation sites (N-methyl/N-ethyl adjacent to an activating group) is 2. The molecule has 2 rings (SSSR count). The molecule has 0 unspecified atom stereocenters. The highest BCUT2D eigenvalue weighted by Gasteiger charge is 2.28. The number of hydrogen-bond donors (Lipinski definition) is 0. The molecular weight excluding hydrogens is 336 g/mol. The molecule has 0 aliphatic carbocycles. The maximum absolute atomic E-state index is 11.5. The zero-order valence-electron chi connectivity index (χ0n) is 19.6. The van der Waals surface area contributed by atoms with Crippen LogP contribution in [0.1, 0.15) is 55.4 Å². The first-order valence-corrected chi connectivity index (χ1v) is 10.9. The Hall–Kier alpha value is -0.650. The molecule has 1 amide bonds. The van der Waals surface area contributed by atoms with E-state index >= 15 is 0 Å². The van der Waals surface area contributed by atoms with Crippen molar-refractivity contribution < 1.29 is 4.79 Å². The summed E-state index contributed by atoms with van der Waals surface area (Å²) in [4.78, 5) is 20.8. The first-order valence-electron chi connectivity index (χ1n) is 10.9. The van der Waals surface area contributed by atoms with Gasteiger partial charge in [-0.2, -0.15) is 0 Å². The Labute approximate surface area is 169 Å². The van der Waals surface area contributed by atoms with Gasteiger partial charge in [0.2, 0.25) is 5.91 Å². The molecular formula is C22H46N4O. The maximum Gasteiger partial charge on any atom is 0.236 e. The van der Waals surface area contributed by atoms with E-state index in [1.54, 1.807) is 0 Å². The molecule has 0 aromatic carbocycles. The van der Waals surface area contributed by atoms with Crippen molar-refractivity contribution in [3.63, 3.8) is 0 Å². The minimum atomic E-state index is 0.286. The normalized spacial score (nSPS) is 26.3. The van der Waals surface area contributed by atoms with Crippen LogP contribution in [0.2, 0.25) is 0 Å². The third-order valence-electron chi connectivity index (χ3n) is 5.54. The summed E-state index contributed by atoms with van der Waals surface area (Å²) in [5.41, 5.74) is 0.426. The van der Waals surface area contributed by atoms with Gasteiger partial charge in [-0.25, -0.2) is 0 Å². The van der Waals surface area contributed by atoms with E-state index in [1.807, 2.05) is 11.8 Å². The van der Waals surface area contributed by atoms with Crippen LogP contribution in [-0.2, 0) is 4.79 Å². The highest BCUT2D eigenvalue weighted by molar-refractivity contribution is 5.78. The van der Waals surface area contributed by atoms with Crippen LogP contribution < -0.4 is 0 Å².